The summed E-state index contributed by atoms with van der Waals surface area (Å²) in [5.74, 6) is -0.901. The summed E-state index contributed by atoms with van der Waals surface area (Å²) >= 11 is 0. The van der Waals surface area contributed by atoms with Crippen LogP contribution in [0, 0.1) is 11.7 Å². The maximum Gasteiger partial charge on any atom is 0.303 e. The van der Waals surface area contributed by atoms with Gasteiger partial charge in [0.1, 0.15) is 11.6 Å². The maximum absolute atomic E-state index is 13.0. The van der Waals surface area contributed by atoms with E-state index in [0.29, 0.717) is 25.3 Å². The average Bonchev–Trinajstić information content (AvgIpc) is 2.70. The topological polar surface area (TPSA) is 66.8 Å². The summed E-state index contributed by atoms with van der Waals surface area (Å²) in [7, 11) is 0. The molecule has 5 nitrogen and oxygen atoms in total. The zero-order valence-corrected chi connectivity index (χ0v) is 12.3. The summed E-state index contributed by atoms with van der Waals surface area (Å²) < 4.78 is 18.3. The highest BCUT2D eigenvalue weighted by molar-refractivity contribution is 5.77. The molecule has 120 valence electrons. The fourth-order valence-corrected chi connectivity index (χ4v) is 2.66. The number of amides is 1. The largest absolute Gasteiger partial charge is 0.484 e. The molecule has 0 saturated carbocycles. The number of hydrogen-bond acceptors (Lipinski definition) is 3. The zero-order valence-electron chi connectivity index (χ0n) is 12.3. The third-order valence-electron chi connectivity index (χ3n) is 3.82. The molecule has 0 spiro atoms. The first kappa shape index (κ1) is 16.3. The van der Waals surface area contributed by atoms with Gasteiger partial charge in [-0.2, -0.15) is 0 Å². The molecule has 0 unspecified atom stereocenters. The molecule has 1 aliphatic heterocycles. The lowest BCUT2D eigenvalue weighted by Gasteiger charge is -2.20. The number of nitrogens with zero attached hydrogens (tertiary/aromatic N) is 1. The molecular formula is C16H20FNO4. The van der Waals surface area contributed by atoms with Gasteiger partial charge in [0.15, 0.2) is 6.61 Å². The second-order valence-electron chi connectivity index (χ2n) is 5.52. The SMILES string of the molecule is O=C(O)C[C@@H]1CCCN(C(=O)COc2cccc(F)c2)CC1. The summed E-state index contributed by atoms with van der Waals surface area (Å²) in [6.07, 6.45) is 2.46. The lowest BCUT2D eigenvalue weighted by Crippen LogP contribution is -2.35. The number of likely N-dealkylation sites (tertiary alicyclic amines) is 1. The van der Waals surface area contributed by atoms with Crippen molar-refractivity contribution in [3.05, 3.63) is 30.1 Å². The van der Waals surface area contributed by atoms with E-state index in [4.69, 9.17) is 9.84 Å². The minimum atomic E-state index is -0.792. The van der Waals surface area contributed by atoms with Crippen LogP contribution in [-0.4, -0.2) is 41.6 Å². The van der Waals surface area contributed by atoms with Gasteiger partial charge in [-0.15, -0.1) is 0 Å². The number of carboxylic acids is 1. The highest BCUT2D eigenvalue weighted by atomic mass is 19.1. The minimum Gasteiger partial charge on any atom is -0.484 e. The summed E-state index contributed by atoms with van der Waals surface area (Å²) in [4.78, 5) is 24.6. The van der Waals surface area contributed by atoms with Crippen molar-refractivity contribution in [2.75, 3.05) is 19.7 Å². The van der Waals surface area contributed by atoms with Crippen molar-refractivity contribution < 1.29 is 23.8 Å². The van der Waals surface area contributed by atoms with E-state index in [1.54, 1.807) is 11.0 Å². The van der Waals surface area contributed by atoms with Crippen molar-refractivity contribution in [1.82, 2.24) is 4.90 Å². The Morgan fingerprint density at radius 3 is 2.86 bits per heavy atom. The van der Waals surface area contributed by atoms with Crippen molar-refractivity contribution in [2.24, 2.45) is 5.92 Å². The van der Waals surface area contributed by atoms with Crippen LogP contribution in [0.4, 0.5) is 4.39 Å². The van der Waals surface area contributed by atoms with E-state index in [9.17, 15) is 14.0 Å². The summed E-state index contributed by atoms with van der Waals surface area (Å²) in [5.41, 5.74) is 0. The Morgan fingerprint density at radius 2 is 2.14 bits per heavy atom. The number of carboxylic acid groups (broad SMARTS) is 1. The molecule has 0 bridgehead atoms. The molecule has 1 aromatic rings. The van der Waals surface area contributed by atoms with Crippen molar-refractivity contribution in [3.8, 4) is 5.75 Å². The number of carbonyl (C=O) groups is 2. The fraction of sp³-hybridized carbons (Fsp3) is 0.500. The minimum absolute atomic E-state index is 0.124. The van der Waals surface area contributed by atoms with Gasteiger partial charge in [0.2, 0.25) is 0 Å². The highest BCUT2D eigenvalue weighted by Crippen LogP contribution is 2.21. The Balaban J connectivity index is 1.81. The van der Waals surface area contributed by atoms with E-state index in [-0.39, 0.29) is 24.9 Å². The monoisotopic (exact) mass is 309 g/mol. The molecule has 1 fully saturated rings. The lowest BCUT2D eigenvalue weighted by molar-refractivity contribution is -0.138. The number of benzene rings is 1. The molecule has 1 saturated heterocycles. The van der Waals surface area contributed by atoms with E-state index < -0.39 is 11.8 Å². The van der Waals surface area contributed by atoms with E-state index in [0.717, 1.165) is 12.8 Å². The number of hydrogen-bond donors (Lipinski definition) is 1. The van der Waals surface area contributed by atoms with Crippen LogP contribution in [0.5, 0.6) is 5.75 Å². The van der Waals surface area contributed by atoms with Gasteiger partial charge in [-0.3, -0.25) is 9.59 Å². The number of ether oxygens (including phenoxy) is 1. The number of carbonyl (C=O) groups excluding carboxylic acids is 1. The van der Waals surface area contributed by atoms with E-state index in [1.807, 2.05) is 0 Å². The van der Waals surface area contributed by atoms with E-state index >= 15 is 0 Å². The first-order chi connectivity index (χ1) is 10.5. The molecule has 2 rings (SSSR count). The van der Waals surface area contributed by atoms with Crippen molar-refractivity contribution in [1.29, 1.82) is 0 Å². The first-order valence-electron chi connectivity index (χ1n) is 7.42. The van der Waals surface area contributed by atoms with Gasteiger partial charge in [0.25, 0.3) is 5.91 Å². The predicted octanol–water partition coefficient (Wildman–Crippen LogP) is 2.31. The molecule has 1 atom stereocenters. The third kappa shape index (κ3) is 5.02. The van der Waals surface area contributed by atoms with Crippen LogP contribution in [0.15, 0.2) is 24.3 Å². The standard InChI is InChI=1S/C16H20FNO4/c17-13-4-1-5-14(10-13)22-11-15(19)18-7-2-3-12(6-8-18)9-16(20)21/h1,4-5,10,12H,2-3,6-9,11H2,(H,20,21)/t12-/m1/s1. The molecule has 0 aliphatic carbocycles. The van der Waals surface area contributed by atoms with Crippen molar-refractivity contribution in [3.63, 3.8) is 0 Å². The van der Waals surface area contributed by atoms with Gasteiger partial charge in [0, 0.05) is 25.6 Å². The van der Waals surface area contributed by atoms with Crippen LogP contribution in [0.25, 0.3) is 0 Å². The van der Waals surface area contributed by atoms with Gasteiger partial charge < -0.3 is 14.7 Å². The van der Waals surface area contributed by atoms with Gasteiger partial charge >= 0.3 is 5.97 Å². The van der Waals surface area contributed by atoms with Crippen LogP contribution in [0.3, 0.4) is 0 Å². The van der Waals surface area contributed by atoms with Gasteiger partial charge in [-0.25, -0.2) is 4.39 Å². The Kier molecular flexibility index (Phi) is 5.75. The second-order valence-corrected chi connectivity index (χ2v) is 5.52. The van der Waals surface area contributed by atoms with Crippen LogP contribution >= 0.6 is 0 Å². The molecule has 1 N–H and O–H groups in total. The van der Waals surface area contributed by atoms with Crippen LogP contribution < -0.4 is 4.74 Å². The second kappa shape index (κ2) is 7.77. The lowest BCUT2D eigenvalue weighted by atomic mass is 9.97. The fourth-order valence-electron chi connectivity index (χ4n) is 2.66. The third-order valence-corrected chi connectivity index (χ3v) is 3.82. The number of aliphatic carboxylic acids is 1. The summed E-state index contributed by atoms with van der Waals surface area (Å²) in [6.45, 7) is 1.03. The molecule has 1 aliphatic rings. The quantitative estimate of drug-likeness (QED) is 0.906. The summed E-state index contributed by atoms with van der Waals surface area (Å²) in [6, 6.07) is 5.67. The molecule has 22 heavy (non-hydrogen) atoms. The average molecular weight is 309 g/mol. The highest BCUT2D eigenvalue weighted by Gasteiger charge is 2.22. The summed E-state index contributed by atoms with van der Waals surface area (Å²) in [5, 5.41) is 8.83. The van der Waals surface area contributed by atoms with Crippen molar-refractivity contribution >= 4 is 11.9 Å². The molecule has 1 aromatic carbocycles. The van der Waals surface area contributed by atoms with Gasteiger partial charge in [-0.05, 0) is 37.3 Å². The van der Waals surface area contributed by atoms with Crippen molar-refractivity contribution in [2.45, 2.75) is 25.7 Å². The Bertz CT molecular complexity index is 535. The Hall–Kier alpha value is -2.11. The molecule has 0 radical (unpaired) electrons. The van der Waals surface area contributed by atoms with Gasteiger partial charge in [-0.1, -0.05) is 6.07 Å². The number of halogens is 1. The van der Waals surface area contributed by atoms with Crippen LogP contribution in [-0.2, 0) is 9.59 Å². The van der Waals surface area contributed by atoms with E-state index in [2.05, 4.69) is 0 Å². The van der Waals surface area contributed by atoms with Crippen LogP contribution in [0.1, 0.15) is 25.7 Å². The molecule has 6 heteroatoms. The van der Waals surface area contributed by atoms with Gasteiger partial charge in [0.05, 0.1) is 0 Å². The van der Waals surface area contributed by atoms with E-state index in [1.165, 1.54) is 18.2 Å². The normalized spacial score (nSPS) is 18.6. The smallest absolute Gasteiger partial charge is 0.303 e. The Labute approximate surface area is 128 Å². The maximum atomic E-state index is 13.0. The Morgan fingerprint density at radius 1 is 1.32 bits per heavy atom. The zero-order chi connectivity index (χ0) is 15.9. The first-order valence-corrected chi connectivity index (χ1v) is 7.42. The van der Waals surface area contributed by atoms with Crippen LogP contribution in [0.2, 0.25) is 0 Å². The molecule has 1 amide bonds. The number of rotatable bonds is 5. The molecule has 0 aromatic heterocycles. The molecule has 1 heterocycles. The molecular weight excluding hydrogens is 289 g/mol. The predicted molar refractivity (Wildman–Crippen MR) is 78.1 cm³/mol.